The third-order valence-electron chi connectivity index (χ3n) is 5.71. The maximum absolute atomic E-state index is 13.8. The van der Waals surface area contributed by atoms with Crippen LogP contribution in [0.25, 0.3) is 5.57 Å². The van der Waals surface area contributed by atoms with Crippen molar-refractivity contribution in [3.63, 3.8) is 0 Å². The number of Topliss-reactive ketones (excluding diaryl/α,β-unsaturated/α-hetero) is 1. The summed E-state index contributed by atoms with van der Waals surface area (Å²) in [5.41, 5.74) is 8.06. The first-order valence-electron chi connectivity index (χ1n) is 12.5. The van der Waals surface area contributed by atoms with Crippen molar-refractivity contribution in [3.05, 3.63) is 76.8 Å². The van der Waals surface area contributed by atoms with Gasteiger partial charge in [-0.2, -0.15) is 5.10 Å². The van der Waals surface area contributed by atoms with Gasteiger partial charge in [0, 0.05) is 12.6 Å². The SMILES string of the molecule is C=C(c1c(Nc2ccc(Oc3ccccc3F)cc2)c(N)n[nH]c1=O)C(CC)CCCC.CC#CC(C)=O. The average molecular weight is 519 g/mol. The molecule has 1 unspecified atom stereocenters. The zero-order valence-electron chi connectivity index (χ0n) is 22.4. The molecule has 7 nitrogen and oxygen atoms in total. The predicted molar refractivity (Wildman–Crippen MR) is 152 cm³/mol. The van der Waals surface area contributed by atoms with Gasteiger partial charge in [-0.3, -0.25) is 9.59 Å². The van der Waals surface area contributed by atoms with Crippen LogP contribution < -0.4 is 21.3 Å². The number of ketones is 1. The van der Waals surface area contributed by atoms with Crippen LogP contribution in [0.15, 0.2) is 59.9 Å². The second kappa shape index (κ2) is 15.0. The molecule has 0 saturated heterocycles. The van der Waals surface area contributed by atoms with Crippen LogP contribution in [0.2, 0.25) is 0 Å². The number of rotatable bonds is 10. The minimum Gasteiger partial charge on any atom is -0.454 e. The number of hydrogen-bond donors (Lipinski definition) is 3. The summed E-state index contributed by atoms with van der Waals surface area (Å²) in [6.07, 6.45) is 3.96. The third-order valence-corrected chi connectivity index (χ3v) is 5.71. The Hall–Kier alpha value is -4.38. The van der Waals surface area contributed by atoms with Crippen molar-refractivity contribution < 1.29 is 13.9 Å². The summed E-state index contributed by atoms with van der Waals surface area (Å²) in [6, 6.07) is 13.1. The van der Waals surface area contributed by atoms with Crippen LogP contribution in [0, 0.1) is 23.6 Å². The second-order valence-corrected chi connectivity index (χ2v) is 8.57. The quantitative estimate of drug-likeness (QED) is 0.200. The summed E-state index contributed by atoms with van der Waals surface area (Å²) in [5, 5.41) is 9.59. The topological polar surface area (TPSA) is 110 Å². The van der Waals surface area contributed by atoms with Gasteiger partial charge in [0.15, 0.2) is 17.4 Å². The number of ether oxygens (including phenoxy) is 1. The molecule has 0 radical (unpaired) electrons. The number of aromatic nitrogens is 2. The number of nitrogen functional groups attached to an aromatic ring is 1. The molecule has 8 heteroatoms. The molecule has 0 aliphatic carbocycles. The number of benzene rings is 2. The highest BCUT2D eigenvalue weighted by Gasteiger charge is 2.21. The Morgan fingerprint density at radius 2 is 1.89 bits per heavy atom. The molecule has 4 N–H and O–H groups in total. The number of H-pyrrole nitrogens is 1. The molecule has 38 heavy (non-hydrogen) atoms. The zero-order chi connectivity index (χ0) is 28.1. The Balaban J connectivity index is 0.000000757. The molecule has 0 bridgehead atoms. The molecule has 0 saturated carbocycles. The fraction of sp³-hybridized carbons (Fsp3) is 0.300. The van der Waals surface area contributed by atoms with Crippen molar-refractivity contribution in [1.82, 2.24) is 10.2 Å². The van der Waals surface area contributed by atoms with E-state index in [9.17, 15) is 14.0 Å². The molecule has 2 aromatic carbocycles. The van der Waals surface area contributed by atoms with Crippen molar-refractivity contribution >= 4 is 28.5 Å². The summed E-state index contributed by atoms with van der Waals surface area (Å²) in [5.74, 6) is 5.26. The van der Waals surface area contributed by atoms with Gasteiger partial charge in [-0.25, -0.2) is 9.49 Å². The van der Waals surface area contributed by atoms with E-state index in [1.54, 1.807) is 49.4 Å². The third kappa shape index (κ3) is 8.63. The monoisotopic (exact) mass is 518 g/mol. The molecule has 0 spiro atoms. The minimum atomic E-state index is -0.436. The number of nitrogens with zero attached hydrogens (tertiary/aromatic N) is 1. The lowest BCUT2D eigenvalue weighted by Gasteiger charge is -2.21. The highest BCUT2D eigenvalue weighted by atomic mass is 19.1. The van der Waals surface area contributed by atoms with E-state index in [0.29, 0.717) is 22.7 Å². The number of nitrogens with one attached hydrogen (secondary N) is 2. The maximum atomic E-state index is 13.8. The van der Waals surface area contributed by atoms with Gasteiger partial charge in [-0.1, -0.05) is 51.3 Å². The van der Waals surface area contributed by atoms with Gasteiger partial charge in [-0.15, -0.1) is 0 Å². The van der Waals surface area contributed by atoms with Crippen LogP contribution in [-0.4, -0.2) is 16.0 Å². The molecule has 0 amide bonds. The predicted octanol–water partition coefficient (Wildman–Crippen LogP) is 6.86. The van der Waals surface area contributed by atoms with Crippen LogP contribution in [0.1, 0.15) is 58.9 Å². The molecule has 1 atom stereocenters. The molecule has 0 aliphatic heterocycles. The van der Waals surface area contributed by atoms with Gasteiger partial charge in [0.1, 0.15) is 5.75 Å². The number of para-hydroxylation sites is 1. The van der Waals surface area contributed by atoms with E-state index >= 15 is 0 Å². The summed E-state index contributed by atoms with van der Waals surface area (Å²) in [4.78, 5) is 22.5. The van der Waals surface area contributed by atoms with Gasteiger partial charge in [-0.05, 0) is 73.6 Å². The molecule has 3 aromatic rings. The van der Waals surface area contributed by atoms with Crippen LogP contribution in [-0.2, 0) is 4.79 Å². The minimum absolute atomic E-state index is 0.0718. The van der Waals surface area contributed by atoms with Gasteiger partial charge in [0.25, 0.3) is 5.56 Å². The smallest absolute Gasteiger partial charge is 0.273 e. The largest absolute Gasteiger partial charge is 0.454 e. The van der Waals surface area contributed by atoms with E-state index in [1.165, 1.54) is 13.0 Å². The van der Waals surface area contributed by atoms with Crippen molar-refractivity contribution in [3.8, 4) is 23.3 Å². The first-order chi connectivity index (χ1) is 18.2. The summed E-state index contributed by atoms with van der Waals surface area (Å²) in [6.45, 7) is 11.5. The first kappa shape index (κ1) is 29.8. The van der Waals surface area contributed by atoms with Gasteiger partial charge < -0.3 is 15.8 Å². The molecule has 1 aromatic heterocycles. The van der Waals surface area contributed by atoms with Crippen LogP contribution in [0.3, 0.4) is 0 Å². The van der Waals surface area contributed by atoms with Crippen LogP contribution in [0.4, 0.5) is 21.6 Å². The number of carbonyl (C=O) groups excluding carboxylic acids is 1. The number of allylic oxidation sites excluding steroid dienone is 1. The molecule has 1 heterocycles. The molecule has 0 aliphatic rings. The van der Waals surface area contributed by atoms with E-state index in [4.69, 9.17) is 10.5 Å². The molecule has 3 rings (SSSR count). The fourth-order valence-corrected chi connectivity index (χ4v) is 3.76. The van der Waals surface area contributed by atoms with Gasteiger partial charge in [0.05, 0.1) is 11.3 Å². The number of nitrogens with two attached hydrogens (primary N) is 1. The molecular formula is C30H35FN4O3. The lowest BCUT2D eigenvalue weighted by Crippen LogP contribution is -2.20. The number of hydrogen-bond acceptors (Lipinski definition) is 6. The number of unbranched alkanes of at least 4 members (excludes halogenated alkanes) is 1. The number of anilines is 3. The molecule has 0 fully saturated rings. The highest BCUT2D eigenvalue weighted by molar-refractivity contribution is 5.93. The Bertz CT molecular complexity index is 1350. The van der Waals surface area contributed by atoms with E-state index < -0.39 is 5.82 Å². The van der Waals surface area contributed by atoms with E-state index in [0.717, 1.165) is 31.3 Å². The first-order valence-corrected chi connectivity index (χ1v) is 12.5. The van der Waals surface area contributed by atoms with Crippen LogP contribution >= 0.6 is 0 Å². The van der Waals surface area contributed by atoms with E-state index in [2.05, 4.69) is 47.8 Å². The highest BCUT2D eigenvalue weighted by Crippen LogP contribution is 2.34. The average Bonchev–Trinajstić information content (AvgIpc) is 2.89. The molecule has 200 valence electrons. The maximum Gasteiger partial charge on any atom is 0.273 e. The van der Waals surface area contributed by atoms with Crippen molar-refractivity contribution in [2.24, 2.45) is 5.92 Å². The van der Waals surface area contributed by atoms with E-state index in [1.807, 2.05) is 0 Å². The Labute approximate surface area is 223 Å². The summed E-state index contributed by atoms with van der Waals surface area (Å²) < 4.78 is 19.4. The van der Waals surface area contributed by atoms with Gasteiger partial charge >= 0.3 is 0 Å². The van der Waals surface area contributed by atoms with Crippen LogP contribution in [0.5, 0.6) is 11.5 Å². The summed E-state index contributed by atoms with van der Waals surface area (Å²) in [7, 11) is 0. The fourth-order valence-electron chi connectivity index (χ4n) is 3.76. The Morgan fingerprint density at radius 1 is 1.21 bits per heavy atom. The Kier molecular flexibility index (Phi) is 11.8. The normalized spacial score (nSPS) is 10.8. The number of carbonyl (C=O) groups is 1. The second-order valence-electron chi connectivity index (χ2n) is 8.57. The Morgan fingerprint density at radius 3 is 2.45 bits per heavy atom. The standard InChI is InChI=1S/C25H29FN4O2.C5H6O/c1-4-6-9-17(5-2)16(3)22-23(24(27)29-30-25(22)31)28-18-12-14-19(15-13-18)32-21-11-8-7-10-20(21)26;1-3-4-5(2)6/h7-8,10-15,17H,3-6,9H2,1-2H3,(H2,27,29)(H2,28,30,31);1-2H3. The van der Waals surface area contributed by atoms with Crippen molar-refractivity contribution in [1.29, 1.82) is 0 Å². The van der Waals surface area contributed by atoms with Gasteiger partial charge in [0.2, 0.25) is 5.78 Å². The zero-order valence-corrected chi connectivity index (χ0v) is 22.4. The van der Waals surface area contributed by atoms with Crippen molar-refractivity contribution in [2.45, 2.75) is 53.4 Å². The molecular weight excluding hydrogens is 483 g/mol. The van der Waals surface area contributed by atoms with E-state index in [-0.39, 0.29) is 28.8 Å². The number of halogens is 1. The van der Waals surface area contributed by atoms with Crippen molar-refractivity contribution in [2.75, 3.05) is 11.1 Å². The number of aromatic amines is 1. The lowest BCUT2D eigenvalue weighted by atomic mass is 9.87. The summed E-state index contributed by atoms with van der Waals surface area (Å²) >= 11 is 0. The lowest BCUT2D eigenvalue weighted by molar-refractivity contribution is -0.111.